The maximum absolute atomic E-state index is 12.5. The number of carbonyl (C=O) groups excluding carboxylic acids is 1. The first-order valence-corrected chi connectivity index (χ1v) is 8.61. The van der Waals surface area contributed by atoms with Gasteiger partial charge in [0, 0.05) is 29.3 Å². The Bertz CT molecular complexity index is 632. The molecule has 2 rings (SSSR count). The molecule has 0 aromatic carbocycles. The zero-order valence-electron chi connectivity index (χ0n) is 11.0. The number of amides is 1. The summed E-state index contributed by atoms with van der Waals surface area (Å²) >= 11 is 0. The first-order chi connectivity index (χ1) is 9.32. The minimum atomic E-state index is -4.29. The van der Waals surface area contributed by atoms with Crippen molar-refractivity contribution >= 4 is 25.6 Å². The molecule has 0 aliphatic carbocycles. The van der Waals surface area contributed by atoms with Crippen LogP contribution < -0.4 is 4.73 Å². The normalized spacial score (nSPS) is 19.9. The van der Waals surface area contributed by atoms with Gasteiger partial charge in [0.15, 0.2) is 6.20 Å². The van der Waals surface area contributed by atoms with Crippen molar-refractivity contribution in [3.8, 4) is 0 Å². The number of aromatic nitrogens is 1. The predicted molar refractivity (Wildman–Crippen MR) is 72.8 cm³/mol. The molecule has 1 atom stereocenters. The number of hydrogen-bond donors (Lipinski definition) is 0. The standard InChI is InChI=1S/C12H15ClN2O4S/c1-9-5-2-3-7-14(9)11(16)10-6-4-8-15(17)12(10)20(13,18)19/h4,6,8-9H,2-3,5,7H2,1H3. The van der Waals surface area contributed by atoms with E-state index in [0.29, 0.717) is 6.54 Å². The van der Waals surface area contributed by atoms with Crippen LogP contribution >= 0.6 is 10.7 Å². The van der Waals surface area contributed by atoms with Crippen molar-refractivity contribution in [2.75, 3.05) is 6.54 Å². The molecule has 2 heterocycles. The van der Waals surface area contributed by atoms with E-state index in [9.17, 15) is 18.4 Å². The van der Waals surface area contributed by atoms with Crippen molar-refractivity contribution in [2.45, 2.75) is 37.3 Å². The fourth-order valence-electron chi connectivity index (χ4n) is 2.43. The third-order valence-corrected chi connectivity index (χ3v) is 4.74. The van der Waals surface area contributed by atoms with Crippen LogP contribution in [-0.2, 0) is 9.05 Å². The molecule has 8 heteroatoms. The lowest BCUT2D eigenvalue weighted by atomic mass is 10.0. The molecule has 6 nitrogen and oxygen atoms in total. The van der Waals surface area contributed by atoms with E-state index >= 15 is 0 Å². The van der Waals surface area contributed by atoms with Gasteiger partial charge in [-0.2, -0.15) is 4.73 Å². The van der Waals surface area contributed by atoms with E-state index in [4.69, 9.17) is 10.7 Å². The van der Waals surface area contributed by atoms with Crippen LogP contribution in [0.3, 0.4) is 0 Å². The number of pyridine rings is 1. The van der Waals surface area contributed by atoms with Crippen molar-refractivity contribution in [2.24, 2.45) is 0 Å². The Balaban J connectivity index is 2.47. The molecule has 0 saturated carbocycles. The minimum Gasteiger partial charge on any atom is -0.618 e. The van der Waals surface area contributed by atoms with Gasteiger partial charge in [-0.25, -0.2) is 8.42 Å². The summed E-state index contributed by atoms with van der Waals surface area (Å²) in [6.07, 6.45) is 3.76. The van der Waals surface area contributed by atoms with Crippen LogP contribution in [0.4, 0.5) is 0 Å². The largest absolute Gasteiger partial charge is 0.618 e. The highest BCUT2D eigenvalue weighted by Crippen LogP contribution is 2.22. The lowest BCUT2D eigenvalue weighted by Crippen LogP contribution is -2.44. The van der Waals surface area contributed by atoms with E-state index in [0.717, 1.165) is 25.5 Å². The molecule has 1 aromatic rings. The van der Waals surface area contributed by atoms with E-state index < -0.39 is 20.0 Å². The summed E-state index contributed by atoms with van der Waals surface area (Å²) < 4.78 is 23.1. The van der Waals surface area contributed by atoms with Gasteiger partial charge in [-0.05, 0) is 32.3 Å². The maximum atomic E-state index is 12.5. The van der Waals surface area contributed by atoms with Crippen molar-refractivity contribution in [3.63, 3.8) is 0 Å². The molecule has 1 amide bonds. The molecule has 1 saturated heterocycles. The second kappa shape index (κ2) is 5.57. The first kappa shape index (κ1) is 15.1. The van der Waals surface area contributed by atoms with Gasteiger partial charge >= 0.3 is 14.1 Å². The highest BCUT2D eigenvalue weighted by atomic mass is 35.7. The predicted octanol–water partition coefficient (Wildman–Crippen LogP) is 1.26. The van der Waals surface area contributed by atoms with Gasteiger partial charge in [-0.3, -0.25) is 4.79 Å². The second-order valence-corrected chi connectivity index (χ2v) is 7.32. The van der Waals surface area contributed by atoms with Gasteiger partial charge in [0.05, 0.1) is 0 Å². The molecule has 1 aliphatic heterocycles. The molecule has 1 aliphatic rings. The Morgan fingerprint density at radius 1 is 1.50 bits per heavy atom. The number of hydrogen-bond acceptors (Lipinski definition) is 4. The fourth-order valence-corrected chi connectivity index (χ4v) is 3.58. The average molecular weight is 319 g/mol. The quantitative estimate of drug-likeness (QED) is 0.467. The molecule has 0 spiro atoms. The highest BCUT2D eigenvalue weighted by molar-refractivity contribution is 8.13. The van der Waals surface area contributed by atoms with Gasteiger partial charge < -0.3 is 10.1 Å². The molecule has 110 valence electrons. The van der Waals surface area contributed by atoms with Crippen molar-refractivity contribution in [3.05, 3.63) is 29.1 Å². The lowest BCUT2D eigenvalue weighted by molar-refractivity contribution is -0.646. The highest BCUT2D eigenvalue weighted by Gasteiger charge is 2.34. The molecule has 0 N–H and O–H groups in total. The van der Waals surface area contributed by atoms with Gasteiger partial charge in [-0.15, -0.1) is 0 Å². The zero-order chi connectivity index (χ0) is 14.9. The lowest BCUT2D eigenvalue weighted by Gasteiger charge is -2.33. The van der Waals surface area contributed by atoms with Crippen LogP contribution in [0, 0.1) is 5.21 Å². The van der Waals surface area contributed by atoms with Gasteiger partial charge in [-0.1, -0.05) is 0 Å². The van der Waals surface area contributed by atoms with Crippen molar-refractivity contribution in [1.82, 2.24) is 4.90 Å². The third-order valence-electron chi connectivity index (χ3n) is 3.44. The van der Waals surface area contributed by atoms with E-state index in [1.807, 2.05) is 6.92 Å². The zero-order valence-corrected chi connectivity index (χ0v) is 12.5. The molecule has 20 heavy (non-hydrogen) atoms. The monoisotopic (exact) mass is 318 g/mol. The summed E-state index contributed by atoms with van der Waals surface area (Å²) in [5, 5.41) is 10.9. The molecular weight excluding hydrogens is 304 g/mol. The van der Waals surface area contributed by atoms with Gasteiger partial charge in [0.1, 0.15) is 5.56 Å². The van der Waals surface area contributed by atoms with E-state index in [2.05, 4.69) is 0 Å². The van der Waals surface area contributed by atoms with Crippen LogP contribution in [0.25, 0.3) is 0 Å². The summed E-state index contributed by atoms with van der Waals surface area (Å²) in [4.78, 5) is 14.1. The van der Waals surface area contributed by atoms with Crippen LogP contribution in [0.2, 0.25) is 0 Å². The Morgan fingerprint density at radius 3 is 2.80 bits per heavy atom. The smallest absolute Gasteiger partial charge is 0.336 e. The second-order valence-electron chi connectivity index (χ2n) is 4.83. The average Bonchev–Trinajstić information content (AvgIpc) is 2.36. The summed E-state index contributed by atoms with van der Waals surface area (Å²) in [7, 11) is 0.979. The van der Waals surface area contributed by atoms with E-state index in [1.54, 1.807) is 4.90 Å². The number of nitrogens with zero attached hydrogens (tertiary/aromatic N) is 2. The minimum absolute atomic E-state index is 0.0161. The summed E-state index contributed by atoms with van der Waals surface area (Å²) in [6, 6.07) is 2.66. The fraction of sp³-hybridized carbons (Fsp3) is 0.500. The Morgan fingerprint density at radius 2 is 2.20 bits per heavy atom. The number of piperidine rings is 1. The molecule has 1 fully saturated rings. The third kappa shape index (κ3) is 2.88. The number of likely N-dealkylation sites (tertiary alicyclic amines) is 1. The number of halogens is 1. The molecule has 1 unspecified atom stereocenters. The van der Waals surface area contributed by atoms with Crippen LogP contribution in [0.5, 0.6) is 0 Å². The van der Waals surface area contributed by atoms with E-state index in [1.165, 1.54) is 12.1 Å². The summed E-state index contributed by atoms with van der Waals surface area (Å²) in [6.45, 7) is 2.45. The van der Waals surface area contributed by atoms with Crippen LogP contribution in [0.1, 0.15) is 36.5 Å². The molecular formula is C12H15ClN2O4S. The van der Waals surface area contributed by atoms with Crippen LogP contribution in [-0.4, -0.2) is 31.8 Å². The number of carbonyl (C=O) groups is 1. The SMILES string of the molecule is CC1CCCCN1C(=O)c1ccc[n+]([O-])c1S(=O)(=O)Cl. The van der Waals surface area contributed by atoms with Crippen LogP contribution in [0.15, 0.2) is 23.4 Å². The van der Waals surface area contributed by atoms with Crippen molar-refractivity contribution < 1.29 is 17.9 Å². The maximum Gasteiger partial charge on any atom is 0.336 e. The first-order valence-electron chi connectivity index (χ1n) is 6.30. The Kier molecular flexibility index (Phi) is 4.19. The Hall–Kier alpha value is -1.34. The molecule has 0 bridgehead atoms. The van der Waals surface area contributed by atoms with Gasteiger partial charge in [0.25, 0.3) is 5.91 Å². The molecule has 0 radical (unpaired) electrons. The number of rotatable bonds is 2. The summed E-state index contributed by atoms with van der Waals surface area (Å²) in [5.41, 5.74) is -0.175. The topological polar surface area (TPSA) is 81.4 Å². The molecule has 1 aromatic heterocycles. The summed E-state index contributed by atoms with van der Waals surface area (Å²) in [5.74, 6) is -0.471. The van der Waals surface area contributed by atoms with Crippen molar-refractivity contribution in [1.29, 1.82) is 0 Å². The van der Waals surface area contributed by atoms with Gasteiger partial charge in [0.2, 0.25) is 0 Å². The Labute approximate surface area is 122 Å². The van der Waals surface area contributed by atoms with E-state index in [-0.39, 0.29) is 16.3 Å².